The molecule has 1 aromatic carbocycles. The summed E-state index contributed by atoms with van der Waals surface area (Å²) in [6.07, 6.45) is 5.75. The van der Waals surface area contributed by atoms with Crippen molar-refractivity contribution in [2.75, 3.05) is 27.3 Å². The topological polar surface area (TPSA) is 98.0 Å². The molecule has 1 aromatic rings. The lowest BCUT2D eigenvalue weighted by Crippen LogP contribution is -2.35. The van der Waals surface area contributed by atoms with Crippen LogP contribution in [0.4, 0.5) is 0 Å². The van der Waals surface area contributed by atoms with Crippen LogP contribution in [-0.2, 0) is 11.2 Å². The van der Waals surface area contributed by atoms with Gasteiger partial charge in [-0.2, -0.15) is 0 Å². The third kappa shape index (κ3) is 6.46. The summed E-state index contributed by atoms with van der Waals surface area (Å²) < 4.78 is 10.5. The Balaban J connectivity index is 1.66. The maximum atomic E-state index is 11.8. The van der Waals surface area contributed by atoms with Crippen molar-refractivity contribution < 1.29 is 14.3 Å². The molecular formula is C19H30N4O3. The molecule has 26 heavy (non-hydrogen) atoms. The number of hydrogen-bond donors (Lipinski definition) is 3. The number of carbonyl (C=O) groups excluding carboxylic acids is 1. The van der Waals surface area contributed by atoms with E-state index in [4.69, 9.17) is 15.2 Å². The number of nitrogens with two attached hydrogens (primary N) is 1. The molecule has 7 heteroatoms. The first-order chi connectivity index (χ1) is 12.6. The number of aliphatic imine (C=N–C) groups is 1. The minimum Gasteiger partial charge on any atom is -0.493 e. The van der Waals surface area contributed by atoms with Crippen molar-refractivity contribution in [1.82, 2.24) is 10.6 Å². The van der Waals surface area contributed by atoms with Crippen molar-refractivity contribution in [3.63, 3.8) is 0 Å². The highest BCUT2D eigenvalue weighted by Gasteiger charge is 2.16. The van der Waals surface area contributed by atoms with Crippen molar-refractivity contribution in [3.05, 3.63) is 23.8 Å². The quantitative estimate of drug-likeness (QED) is 0.458. The Hall–Kier alpha value is -2.44. The van der Waals surface area contributed by atoms with Crippen LogP contribution in [0.15, 0.2) is 23.2 Å². The smallest absolute Gasteiger partial charge is 0.222 e. The highest BCUT2D eigenvalue weighted by atomic mass is 16.5. The Labute approximate surface area is 155 Å². The van der Waals surface area contributed by atoms with Crippen molar-refractivity contribution in [1.29, 1.82) is 0 Å². The molecule has 0 radical (unpaired) electrons. The van der Waals surface area contributed by atoms with Gasteiger partial charge in [0.15, 0.2) is 17.5 Å². The first kappa shape index (κ1) is 19.9. The molecule has 1 amide bonds. The van der Waals surface area contributed by atoms with Gasteiger partial charge in [0.2, 0.25) is 5.91 Å². The average Bonchev–Trinajstić information content (AvgIpc) is 3.14. The summed E-state index contributed by atoms with van der Waals surface area (Å²) in [5.74, 6) is 1.83. The highest BCUT2D eigenvalue weighted by Crippen LogP contribution is 2.27. The van der Waals surface area contributed by atoms with Gasteiger partial charge in [-0.1, -0.05) is 18.9 Å². The van der Waals surface area contributed by atoms with E-state index in [2.05, 4.69) is 15.6 Å². The van der Waals surface area contributed by atoms with Gasteiger partial charge >= 0.3 is 0 Å². The highest BCUT2D eigenvalue weighted by molar-refractivity contribution is 5.79. The molecule has 1 aliphatic rings. The molecule has 1 saturated carbocycles. The van der Waals surface area contributed by atoms with Crippen LogP contribution in [0.25, 0.3) is 0 Å². The predicted octanol–water partition coefficient (Wildman–Crippen LogP) is 1.60. The molecule has 0 aliphatic heterocycles. The molecule has 144 valence electrons. The zero-order valence-corrected chi connectivity index (χ0v) is 15.7. The molecule has 0 aromatic heterocycles. The molecule has 0 bridgehead atoms. The van der Waals surface area contributed by atoms with Crippen molar-refractivity contribution in [3.8, 4) is 11.5 Å². The second kappa shape index (κ2) is 10.5. The number of nitrogens with one attached hydrogen (secondary N) is 2. The maximum absolute atomic E-state index is 11.8. The van der Waals surface area contributed by atoms with Gasteiger partial charge in [-0.25, -0.2) is 0 Å². The second-order valence-corrected chi connectivity index (χ2v) is 6.43. The Bertz CT molecular complexity index is 613. The van der Waals surface area contributed by atoms with E-state index in [0.29, 0.717) is 43.0 Å². The van der Waals surface area contributed by atoms with E-state index in [1.165, 1.54) is 12.8 Å². The lowest BCUT2D eigenvalue weighted by Gasteiger charge is -2.11. The fraction of sp³-hybridized carbons (Fsp3) is 0.579. The second-order valence-electron chi connectivity index (χ2n) is 6.43. The first-order valence-electron chi connectivity index (χ1n) is 9.16. The number of ether oxygens (including phenoxy) is 2. The van der Waals surface area contributed by atoms with E-state index < -0.39 is 0 Å². The molecule has 4 N–H and O–H groups in total. The van der Waals surface area contributed by atoms with Gasteiger partial charge in [0.05, 0.1) is 20.8 Å². The molecule has 0 unspecified atom stereocenters. The predicted molar refractivity (Wildman–Crippen MR) is 103 cm³/mol. The Morgan fingerprint density at radius 1 is 1.23 bits per heavy atom. The number of nitrogens with zero attached hydrogens (tertiary/aromatic N) is 1. The minimum atomic E-state index is 0.0544. The molecule has 2 rings (SSSR count). The van der Waals surface area contributed by atoms with Gasteiger partial charge in [0, 0.05) is 19.0 Å². The molecule has 0 spiro atoms. The van der Waals surface area contributed by atoms with Gasteiger partial charge in [-0.05, 0) is 37.0 Å². The van der Waals surface area contributed by atoms with E-state index >= 15 is 0 Å². The van der Waals surface area contributed by atoms with Crippen molar-refractivity contribution in [2.24, 2.45) is 10.7 Å². The van der Waals surface area contributed by atoms with Crippen molar-refractivity contribution in [2.45, 2.75) is 44.6 Å². The maximum Gasteiger partial charge on any atom is 0.222 e. The van der Waals surface area contributed by atoms with Crippen LogP contribution in [-0.4, -0.2) is 45.2 Å². The Kier molecular flexibility index (Phi) is 8.05. The third-order valence-corrected chi connectivity index (χ3v) is 4.51. The van der Waals surface area contributed by atoms with Gasteiger partial charge < -0.3 is 25.8 Å². The monoisotopic (exact) mass is 362 g/mol. The van der Waals surface area contributed by atoms with E-state index in [1.807, 2.05) is 18.2 Å². The summed E-state index contributed by atoms with van der Waals surface area (Å²) in [6.45, 7) is 1.05. The van der Waals surface area contributed by atoms with E-state index in [1.54, 1.807) is 14.2 Å². The molecule has 1 fully saturated rings. The van der Waals surface area contributed by atoms with Crippen LogP contribution < -0.4 is 25.8 Å². The molecular weight excluding hydrogens is 332 g/mol. The van der Waals surface area contributed by atoms with Gasteiger partial charge in [0.25, 0.3) is 0 Å². The summed E-state index contributed by atoms with van der Waals surface area (Å²) >= 11 is 0. The summed E-state index contributed by atoms with van der Waals surface area (Å²) in [5, 5.41) is 6.11. The van der Waals surface area contributed by atoms with Crippen LogP contribution in [0.3, 0.4) is 0 Å². The average molecular weight is 362 g/mol. The van der Waals surface area contributed by atoms with E-state index in [-0.39, 0.29) is 5.91 Å². The number of benzene rings is 1. The third-order valence-electron chi connectivity index (χ3n) is 4.51. The molecule has 0 atom stereocenters. The molecule has 0 heterocycles. The number of hydrogen-bond acceptors (Lipinski definition) is 4. The van der Waals surface area contributed by atoms with Crippen LogP contribution in [0.5, 0.6) is 11.5 Å². The normalized spacial score (nSPS) is 14.9. The van der Waals surface area contributed by atoms with Crippen molar-refractivity contribution >= 4 is 11.9 Å². The SMILES string of the molecule is COc1ccc(CCNC(N)=NCCC(=O)NC2CCCC2)cc1OC. The molecule has 1 aliphatic carbocycles. The first-order valence-corrected chi connectivity index (χ1v) is 9.16. The number of amides is 1. The van der Waals surface area contributed by atoms with E-state index in [0.717, 1.165) is 24.8 Å². The molecule has 7 nitrogen and oxygen atoms in total. The number of guanidine groups is 1. The zero-order valence-electron chi connectivity index (χ0n) is 15.7. The largest absolute Gasteiger partial charge is 0.493 e. The fourth-order valence-corrected chi connectivity index (χ4v) is 3.07. The number of carbonyl (C=O) groups is 1. The standard InChI is InChI=1S/C19H30N4O3/c1-25-16-8-7-14(13-17(16)26-2)9-11-21-19(20)22-12-10-18(24)23-15-5-3-4-6-15/h7-8,13,15H,3-6,9-12H2,1-2H3,(H,23,24)(H3,20,21,22). The van der Waals surface area contributed by atoms with Gasteiger partial charge in [-0.15, -0.1) is 0 Å². The zero-order chi connectivity index (χ0) is 18.8. The van der Waals surface area contributed by atoms with Crippen LogP contribution in [0, 0.1) is 0 Å². The van der Waals surface area contributed by atoms with Crippen LogP contribution in [0.1, 0.15) is 37.7 Å². The number of methoxy groups -OCH3 is 2. The Morgan fingerprint density at radius 3 is 2.65 bits per heavy atom. The lowest BCUT2D eigenvalue weighted by atomic mass is 10.1. The molecule has 0 saturated heterocycles. The summed E-state index contributed by atoms with van der Waals surface area (Å²) in [7, 11) is 3.23. The van der Waals surface area contributed by atoms with Gasteiger partial charge in [-0.3, -0.25) is 9.79 Å². The summed E-state index contributed by atoms with van der Waals surface area (Å²) in [4.78, 5) is 16.0. The van der Waals surface area contributed by atoms with Gasteiger partial charge in [0.1, 0.15) is 0 Å². The number of rotatable bonds is 9. The summed E-state index contributed by atoms with van der Waals surface area (Å²) in [6, 6.07) is 6.17. The minimum absolute atomic E-state index is 0.0544. The van der Waals surface area contributed by atoms with Crippen LogP contribution >= 0.6 is 0 Å². The Morgan fingerprint density at radius 2 is 1.96 bits per heavy atom. The van der Waals surface area contributed by atoms with Crippen LogP contribution in [0.2, 0.25) is 0 Å². The lowest BCUT2D eigenvalue weighted by molar-refractivity contribution is -0.121. The fourth-order valence-electron chi connectivity index (χ4n) is 3.07. The van der Waals surface area contributed by atoms with E-state index in [9.17, 15) is 4.79 Å². The summed E-state index contributed by atoms with van der Waals surface area (Å²) in [5.41, 5.74) is 6.96.